The van der Waals surface area contributed by atoms with Crippen LogP contribution < -0.4 is 5.73 Å². The van der Waals surface area contributed by atoms with Gasteiger partial charge in [0.2, 0.25) is 0 Å². The Labute approximate surface area is 67.7 Å². The molecule has 66 valence electrons. The topological polar surface area (TPSA) is 103 Å². The average molecular weight is 172 g/mol. The van der Waals surface area contributed by atoms with Gasteiger partial charge >= 0.3 is 5.88 Å². The van der Waals surface area contributed by atoms with Gasteiger partial charge in [0.05, 0.1) is 18.7 Å². The molecule has 0 saturated heterocycles. The summed E-state index contributed by atoms with van der Waals surface area (Å²) >= 11 is 0. The Balaban J connectivity index is 2.84. The summed E-state index contributed by atoms with van der Waals surface area (Å²) in [5.41, 5.74) is 5.34. The molecule has 0 fully saturated rings. The number of nitrogens with zero attached hydrogens (tertiary/aromatic N) is 1. The molecule has 0 unspecified atom stereocenters. The van der Waals surface area contributed by atoms with Crippen LogP contribution in [0.2, 0.25) is 0 Å². The first-order valence-electron chi connectivity index (χ1n) is 3.25. The highest BCUT2D eigenvalue weighted by Gasteiger charge is 2.15. The number of aliphatic hydroxyl groups is 1. The first kappa shape index (κ1) is 8.69. The molecule has 6 nitrogen and oxygen atoms in total. The molecule has 0 amide bonds. The molecule has 0 aliphatic rings. The Morgan fingerprint density at radius 2 is 2.42 bits per heavy atom. The van der Waals surface area contributed by atoms with Crippen LogP contribution >= 0.6 is 0 Å². The SMILES string of the molecule is N[C@H](CO)c1ccc([N+](=O)[O-])o1. The van der Waals surface area contributed by atoms with Crippen LogP contribution in [0.3, 0.4) is 0 Å². The van der Waals surface area contributed by atoms with E-state index in [9.17, 15) is 10.1 Å². The number of nitrogens with two attached hydrogens (primary N) is 1. The van der Waals surface area contributed by atoms with Gasteiger partial charge < -0.3 is 15.3 Å². The van der Waals surface area contributed by atoms with E-state index in [2.05, 4.69) is 0 Å². The lowest BCUT2D eigenvalue weighted by molar-refractivity contribution is -0.402. The predicted octanol–water partition coefficient (Wildman–Crippen LogP) is 0.180. The monoisotopic (exact) mass is 172 g/mol. The maximum Gasteiger partial charge on any atom is 0.433 e. The van der Waals surface area contributed by atoms with Gasteiger partial charge in [-0.1, -0.05) is 0 Å². The summed E-state index contributed by atoms with van der Waals surface area (Å²) in [6, 6.07) is 1.88. The van der Waals surface area contributed by atoms with Gasteiger partial charge in [0.15, 0.2) is 0 Å². The number of nitro groups is 1. The average Bonchev–Trinajstić information content (AvgIpc) is 2.51. The van der Waals surface area contributed by atoms with Gasteiger partial charge in [0.25, 0.3) is 0 Å². The van der Waals surface area contributed by atoms with Crippen molar-refractivity contribution in [1.29, 1.82) is 0 Å². The molecule has 12 heavy (non-hydrogen) atoms. The Morgan fingerprint density at radius 3 is 2.83 bits per heavy atom. The molecule has 0 saturated carbocycles. The lowest BCUT2D eigenvalue weighted by atomic mass is 10.2. The third-order valence-corrected chi connectivity index (χ3v) is 1.35. The van der Waals surface area contributed by atoms with E-state index in [1.54, 1.807) is 0 Å². The van der Waals surface area contributed by atoms with Crippen LogP contribution in [0.1, 0.15) is 11.8 Å². The Bertz CT molecular complexity index is 283. The van der Waals surface area contributed by atoms with Gasteiger partial charge in [-0.2, -0.15) is 0 Å². The lowest BCUT2D eigenvalue weighted by Gasteiger charge is -2.00. The summed E-state index contributed by atoms with van der Waals surface area (Å²) in [5.74, 6) is -0.155. The first-order valence-corrected chi connectivity index (χ1v) is 3.25. The summed E-state index contributed by atoms with van der Waals surface area (Å²) in [5, 5.41) is 18.7. The highest BCUT2D eigenvalue weighted by atomic mass is 16.6. The molecule has 0 bridgehead atoms. The Hall–Kier alpha value is -1.40. The van der Waals surface area contributed by atoms with Gasteiger partial charge in [0.1, 0.15) is 10.7 Å². The summed E-state index contributed by atoms with van der Waals surface area (Å²) < 4.78 is 4.71. The van der Waals surface area contributed by atoms with Crippen molar-refractivity contribution >= 4 is 5.88 Å². The molecule has 1 heterocycles. The van der Waals surface area contributed by atoms with Crippen molar-refractivity contribution in [3.63, 3.8) is 0 Å². The van der Waals surface area contributed by atoms with Gasteiger partial charge in [-0.3, -0.25) is 10.1 Å². The maximum atomic E-state index is 10.1. The standard InChI is InChI=1S/C6H8N2O4/c7-4(3-9)5-1-2-6(12-5)8(10)11/h1-2,4,9H,3,7H2/t4-/m1/s1. The molecule has 1 rings (SSSR count). The number of rotatable bonds is 3. The molecule has 1 atom stereocenters. The number of furan rings is 1. The van der Waals surface area contributed by atoms with Crippen LogP contribution in [0, 0.1) is 10.1 Å². The van der Waals surface area contributed by atoms with E-state index >= 15 is 0 Å². The van der Waals surface area contributed by atoms with Crippen LogP contribution in [-0.4, -0.2) is 16.6 Å². The zero-order chi connectivity index (χ0) is 9.14. The highest BCUT2D eigenvalue weighted by Crippen LogP contribution is 2.19. The summed E-state index contributed by atoms with van der Waals surface area (Å²) in [4.78, 5) is 9.47. The smallest absolute Gasteiger partial charge is 0.404 e. The van der Waals surface area contributed by atoms with Crippen molar-refractivity contribution in [2.45, 2.75) is 6.04 Å². The van der Waals surface area contributed by atoms with E-state index in [0.717, 1.165) is 0 Å². The molecule has 0 aliphatic carbocycles. The molecular formula is C6H8N2O4. The Morgan fingerprint density at radius 1 is 1.75 bits per heavy atom. The molecule has 1 aromatic heterocycles. The normalized spacial score (nSPS) is 12.8. The first-order chi connectivity index (χ1) is 5.65. The molecule has 0 aromatic carbocycles. The van der Waals surface area contributed by atoms with Crippen LogP contribution in [0.15, 0.2) is 16.5 Å². The summed E-state index contributed by atoms with van der Waals surface area (Å²) in [7, 11) is 0. The van der Waals surface area contributed by atoms with Crippen LogP contribution in [0.4, 0.5) is 5.88 Å². The van der Waals surface area contributed by atoms with Crippen molar-refractivity contribution in [2.24, 2.45) is 5.73 Å². The summed E-state index contributed by atoms with van der Waals surface area (Å²) in [6.07, 6.45) is 0. The second kappa shape index (κ2) is 3.33. The van der Waals surface area contributed by atoms with Crippen LogP contribution in [0.5, 0.6) is 0 Å². The molecule has 0 radical (unpaired) electrons. The van der Waals surface area contributed by atoms with Crippen molar-refractivity contribution < 1.29 is 14.4 Å². The quantitative estimate of drug-likeness (QED) is 0.500. The minimum absolute atomic E-state index is 0.212. The van der Waals surface area contributed by atoms with Crippen molar-refractivity contribution in [2.75, 3.05) is 6.61 Å². The second-order valence-corrected chi connectivity index (χ2v) is 2.22. The number of hydrogen-bond donors (Lipinski definition) is 2. The molecule has 6 heteroatoms. The number of aliphatic hydroxyl groups excluding tert-OH is 1. The van der Waals surface area contributed by atoms with Gasteiger partial charge in [0, 0.05) is 0 Å². The third kappa shape index (κ3) is 1.60. The molecule has 0 aliphatic heterocycles. The van der Waals surface area contributed by atoms with E-state index in [4.69, 9.17) is 15.3 Å². The number of hydrogen-bond acceptors (Lipinski definition) is 5. The molecule has 1 aromatic rings. The predicted molar refractivity (Wildman–Crippen MR) is 39.4 cm³/mol. The fraction of sp³-hybridized carbons (Fsp3) is 0.333. The fourth-order valence-corrected chi connectivity index (χ4v) is 0.730. The molecular weight excluding hydrogens is 164 g/mol. The third-order valence-electron chi connectivity index (χ3n) is 1.35. The lowest BCUT2D eigenvalue weighted by Crippen LogP contribution is -2.13. The second-order valence-electron chi connectivity index (χ2n) is 2.22. The Kier molecular flexibility index (Phi) is 2.41. The highest BCUT2D eigenvalue weighted by molar-refractivity contribution is 5.19. The van der Waals surface area contributed by atoms with Gasteiger partial charge in [-0.15, -0.1) is 0 Å². The van der Waals surface area contributed by atoms with Crippen LogP contribution in [-0.2, 0) is 0 Å². The zero-order valence-electron chi connectivity index (χ0n) is 6.14. The van der Waals surface area contributed by atoms with Crippen molar-refractivity contribution in [3.05, 3.63) is 28.0 Å². The van der Waals surface area contributed by atoms with E-state index in [1.165, 1.54) is 12.1 Å². The van der Waals surface area contributed by atoms with Gasteiger partial charge in [-0.25, -0.2) is 0 Å². The van der Waals surface area contributed by atoms with E-state index < -0.39 is 11.0 Å². The minimum atomic E-state index is -0.696. The molecule has 3 N–H and O–H groups in total. The maximum absolute atomic E-state index is 10.1. The van der Waals surface area contributed by atoms with E-state index in [1.807, 2.05) is 0 Å². The summed E-state index contributed by atoms with van der Waals surface area (Å²) in [6.45, 7) is -0.301. The molecule has 0 spiro atoms. The van der Waals surface area contributed by atoms with Gasteiger partial charge in [-0.05, 0) is 6.07 Å². The largest absolute Gasteiger partial charge is 0.433 e. The van der Waals surface area contributed by atoms with Crippen molar-refractivity contribution in [1.82, 2.24) is 0 Å². The fourth-order valence-electron chi connectivity index (χ4n) is 0.730. The van der Waals surface area contributed by atoms with E-state index in [-0.39, 0.29) is 18.3 Å². The minimum Gasteiger partial charge on any atom is -0.404 e. The van der Waals surface area contributed by atoms with Crippen molar-refractivity contribution in [3.8, 4) is 0 Å². The zero-order valence-corrected chi connectivity index (χ0v) is 6.14. The van der Waals surface area contributed by atoms with Crippen LogP contribution in [0.25, 0.3) is 0 Å². The van der Waals surface area contributed by atoms with E-state index in [0.29, 0.717) is 0 Å².